The second-order valence-corrected chi connectivity index (χ2v) is 9.55. The topological polar surface area (TPSA) is 32.8 Å². The van der Waals surface area contributed by atoms with Gasteiger partial charge in [-0.1, -0.05) is 18.2 Å². The minimum atomic E-state index is -0.280. The first-order valence-electron chi connectivity index (χ1n) is 10.9. The van der Waals surface area contributed by atoms with E-state index in [-0.39, 0.29) is 28.9 Å². The lowest BCUT2D eigenvalue weighted by Crippen LogP contribution is -2.64. The zero-order valence-corrected chi connectivity index (χ0v) is 18.0. The average molecular weight is 409 g/mol. The van der Waals surface area contributed by atoms with Gasteiger partial charge in [0.1, 0.15) is 11.6 Å². The van der Waals surface area contributed by atoms with Gasteiger partial charge < -0.3 is 9.64 Å². The van der Waals surface area contributed by atoms with Crippen molar-refractivity contribution in [1.82, 2.24) is 4.90 Å². The quantitative estimate of drug-likeness (QED) is 0.713. The number of piperidine rings is 1. The Labute approximate surface area is 177 Å². The first-order chi connectivity index (χ1) is 14.3. The van der Waals surface area contributed by atoms with Crippen molar-refractivity contribution in [1.29, 1.82) is 0 Å². The summed E-state index contributed by atoms with van der Waals surface area (Å²) in [4.78, 5) is 17.2. The van der Waals surface area contributed by atoms with Crippen LogP contribution in [0.5, 0.6) is 5.75 Å². The Morgan fingerprint density at radius 1 is 1.17 bits per heavy atom. The van der Waals surface area contributed by atoms with E-state index in [1.54, 1.807) is 6.07 Å². The number of amides is 1. The van der Waals surface area contributed by atoms with Gasteiger partial charge in [0.2, 0.25) is 5.91 Å². The molecule has 1 amide bonds. The molecule has 3 aliphatic rings. The number of hydrogen-bond acceptors (Lipinski definition) is 3. The molecular weight excluding hydrogens is 379 g/mol. The molecule has 4 nitrogen and oxygen atoms in total. The van der Waals surface area contributed by atoms with E-state index in [4.69, 9.17) is 4.74 Å². The van der Waals surface area contributed by atoms with Gasteiger partial charge >= 0.3 is 0 Å². The van der Waals surface area contributed by atoms with Crippen LogP contribution in [-0.4, -0.2) is 29.0 Å². The molecule has 2 aromatic carbocycles. The van der Waals surface area contributed by atoms with Crippen molar-refractivity contribution in [2.24, 2.45) is 0 Å². The highest BCUT2D eigenvalue weighted by Gasteiger charge is 2.59. The SMILES string of the molecule is CC(C)Oc1cccc(CN2CC[C@@]34CCC(=O)N3c3cc(F)ccc3C2(C)C4)c1. The zero-order valence-electron chi connectivity index (χ0n) is 18.0. The summed E-state index contributed by atoms with van der Waals surface area (Å²) in [7, 11) is 0. The van der Waals surface area contributed by atoms with Crippen LogP contribution in [0.15, 0.2) is 42.5 Å². The van der Waals surface area contributed by atoms with Crippen molar-refractivity contribution in [2.45, 2.75) is 70.2 Å². The fourth-order valence-electron chi connectivity index (χ4n) is 5.93. The first kappa shape index (κ1) is 19.6. The van der Waals surface area contributed by atoms with Crippen molar-refractivity contribution in [2.75, 3.05) is 11.4 Å². The van der Waals surface area contributed by atoms with Crippen LogP contribution in [0.4, 0.5) is 10.1 Å². The van der Waals surface area contributed by atoms with E-state index in [2.05, 4.69) is 24.0 Å². The largest absolute Gasteiger partial charge is 0.491 e. The van der Waals surface area contributed by atoms with E-state index in [1.807, 2.05) is 36.9 Å². The first-order valence-corrected chi connectivity index (χ1v) is 10.9. The maximum atomic E-state index is 14.2. The Morgan fingerprint density at radius 3 is 2.80 bits per heavy atom. The van der Waals surface area contributed by atoms with Gasteiger partial charge in [-0.2, -0.15) is 0 Å². The molecular formula is C25H29FN2O2. The van der Waals surface area contributed by atoms with Gasteiger partial charge in [0.25, 0.3) is 0 Å². The van der Waals surface area contributed by atoms with Crippen LogP contribution in [0.1, 0.15) is 57.6 Å². The minimum absolute atomic E-state index is 0.135. The zero-order chi connectivity index (χ0) is 21.1. The van der Waals surface area contributed by atoms with Crippen molar-refractivity contribution >= 4 is 11.6 Å². The average Bonchev–Trinajstić information content (AvgIpc) is 2.99. The summed E-state index contributed by atoms with van der Waals surface area (Å²) < 4.78 is 20.1. The molecule has 2 aromatic rings. The number of benzene rings is 2. The molecule has 3 heterocycles. The monoisotopic (exact) mass is 408 g/mol. The number of anilines is 1. The molecule has 30 heavy (non-hydrogen) atoms. The van der Waals surface area contributed by atoms with Crippen LogP contribution in [0.25, 0.3) is 0 Å². The van der Waals surface area contributed by atoms with E-state index in [0.717, 1.165) is 49.4 Å². The maximum Gasteiger partial charge on any atom is 0.227 e. The Kier molecular flexibility index (Phi) is 4.44. The molecule has 0 N–H and O–H groups in total. The number of carbonyl (C=O) groups is 1. The predicted molar refractivity (Wildman–Crippen MR) is 115 cm³/mol. The summed E-state index contributed by atoms with van der Waals surface area (Å²) in [6.45, 7) is 8.04. The van der Waals surface area contributed by atoms with E-state index in [9.17, 15) is 9.18 Å². The molecule has 2 saturated heterocycles. The van der Waals surface area contributed by atoms with E-state index in [1.165, 1.54) is 11.6 Å². The molecule has 2 fully saturated rings. The van der Waals surface area contributed by atoms with E-state index < -0.39 is 0 Å². The number of ether oxygens (including phenoxy) is 1. The Bertz CT molecular complexity index is 1010. The van der Waals surface area contributed by atoms with E-state index in [0.29, 0.717) is 6.42 Å². The summed E-state index contributed by atoms with van der Waals surface area (Å²) in [5.74, 6) is 0.743. The van der Waals surface area contributed by atoms with Crippen LogP contribution in [0, 0.1) is 5.82 Å². The second kappa shape index (κ2) is 6.81. The lowest BCUT2D eigenvalue weighted by Gasteiger charge is -2.59. The number of nitrogens with zero attached hydrogens (tertiary/aromatic N) is 2. The summed E-state index contributed by atoms with van der Waals surface area (Å²) >= 11 is 0. The molecule has 1 spiro atoms. The summed E-state index contributed by atoms with van der Waals surface area (Å²) in [5.41, 5.74) is 2.62. The lowest BCUT2D eigenvalue weighted by molar-refractivity contribution is -0.118. The Hall–Kier alpha value is -2.40. The fraction of sp³-hybridized carbons (Fsp3) is 0.480. The Balaban J connectivity index is 1.53. The second-order valence-electron chi connectivity index (χ2n) is 9.55. The molecule has 5 heteroatoms. The number of halogens is 1. The van der Waals surface area contributed by atoms with Crippen molar-refractivity contribution in [3.63, 3.8) is 0 Å². The highest BCUT2D eigenvalue weighted by molar-refractivity contribution is 5.99. The predicted octanol–water partition coefficient (Wildman–Crippen LogP) is 5.00. The van der Waals surface area contributed by atoms with Gasteiger partial charge in [-0.25, -0.2) is 4.39 Å². The third kappa shape index (κ3) is 2.94. The number of likely N-dealkylation sites (tertiary alicyclic amines) is 1. The normalized spacial score (nSPS) is 27.9. The summed E-state index contributed by atoms with van der Waals surface area (Å²) in [6, 6.07) is 13.3. The van der Waals surface area contributed by atoms with Crippen LogP contribution >= 0.6 is 0 Å². The maximum absolute atomic E-state index is 14.2. The number of hydrogen-bond donors (Lipinski definition) is 0. The van der Waals surface area contributed by atoms with Gasteiger partial charge in [-0.05, 0) is 75.4 Å². The number of carbonyl (C=O) groups excluding carboxylic acids is 1. The molecule has 3 aliphatic heterocycles. The van der Waals surface area contributed by atoms with Crippen molar-refractivity contribution in [3.8, 4) is 5.75 Å². The highest BCUT2D eigenvalue weighted by Crippen LogP contribution is 2.57. The summed E-state index contributed by atoms with van der Waals surface area (Å²) in [6.07, 6.45) is 3.38. The highest BCUT2D eigenvalue weighted by atomic mass is 19.1. The van der Waals surface area contributed by atoms with Gasteiger partial charge in [-0.15, -0.1) is 0 Å². The van der Waals surface area contributed by atoms with Gasteiger partial charge in [0, 0.05) is 25.0 Å². The molecule has 2 bridgehead atoms. The summed E-state index contributed by atoms with van der Waals surface area (Å²) in [5, 5.41) is 0. The third-order valence-electron chi connectivity index (χ3n) is 7.17. The molecule has 0 aliphatic carbocycles. The van der Waals surface area contributed by atoms with Gasteiger partial charge in [0.05, 0.1) is 17.3 Å². The minimum Gasteiger partial charge on any atom is -0.491 e. The molecule has 5 rings (SSSR count). The molecule has 0 radical (unpaired) electrons. The van der Waals surface area contributed by atoms with Crippen LogP contribution in [0.3, 0.4) is 0 Å². The standard InChI is InChI=1S/C25H29FN2O2/c1-17(2)30-20-6-4-5-18(13-20)15-27-12-11-25-10-9-23(29)28(25)22-14-19(26)7-8-21(22)24(27,3)16-25/h4-8,13-14,17H,9-12,15-16H2,1-3H3/t24?,25-/m1/s1. The smallest absolute Gasteiger partial charge is 0.227 e. The fourth-order valence-corrected chi connectivity index (χ4v) is 5.93. The van der Waals surface area contributed by atoms with Crippen molar-refractivity contribution in [3.05, 3.63) is 59.4 Å². The Morgan fingerprint density at radius 2 is 2.00 bits per heavy atom. The number of rotatable bonds is 4. The van der Waals surface area contributed by atoms with Crippen LogP contribution < -0.4 is 9.64 Å². The molecule has 158 valence electrons. The van der Waals surface area contributed by atoms with Gasteiger partial charge in [-0.3, -0.25) is 9.69 Å². The molecule has 0 saturated carbocycles. The van der Waals surface area contributed by atoms with Crippen LogP contribution in [0.2, 0.25) is 0 Å². The molecule has 0 aromatic heterocycles. The van der Waals surface area contributed by atoms with E-state index >= 15 is 0 Å². The van der Waals surface area contributed by atoms with Crippen LogP contribution in [-0.2, 0) is 16.9 Å². The number of fused-ring (bicyclic) bond motifs is 4. The lowest BCUT2D eigenvalue weighted by atomic mass is 9.67. The molecule has 1 unspecified atom stereocenters. The third-order valence-corrected chi connectivity index (χ3v) is 7.17. The molecule has 2 atom stereocenters. The van der Waals surface area contributed by atoms with Gasteiger partial charge in [0.15, 0.2) is 0 Å². The van der Waals surface area contributed by atoms with Crippen molar-refractivity contribution < 1.29 is 13.9 Å².